The molecule has 126 valence electrons. The highest BCUT2D eigenvalue weighted by atomic mass is 16.5. The van der Waals surface area contributed by atoms with Crippen molar-refractivity contribution in [2.75, 3.05) is 18.9 Å². The van der Waals surface area contributed by atoms with E-state index in [1.54, 1.807) is 44.2 Å². The van der Waals surface area contributed by atoms with E-state index in [1.165, 1.54) is 0 Å². The zero-order valence-corrected chi connectivity index (χ0v) is 13.4. The van der Waals surface area contributed by atoms with Crippen LogP contribution in [0.3, 0.4) is 0 Å². The molecule has 0 aliphatic heterocycles. The Bertz CT molecular complexity index is 812. The third kappa shape index (κ3) is 3.29. The van der Waals surface area contributed by atoms with E-state index in [0.29, 0.717) is 5.56 Å². The zero-order valence-electron chi connectivity index (χ0n) is 13.4. The van der Waals surface area contributed by atoms with Gasteiger partial charge < -0.3 is 20.2 Å². The molecule has 2 aromatic rings. The summed E-state index contributed by atoms with van der Waals surface area (Å²) >= 11 is 0. The van der Waals surface area contributed by atoms with Crippen LogP contribution in [-0.4, -0.2) is 30.1 Å². The normalized spacial score (nSPS) is 10.2. The van der Waals surface area contributed by atoms with Crippen molar-refractivity contribution in [1.82, 2.24) is 4.98 Å². The highest BCUT2D eigenvalue weighted by molar-refractivity contribution is 6.08. The van der Waals surface area contributed by atoms with Crippen molar-refractivity contribution in [2.24, 2.45) is 0 Å². The number of hydrogen-bond donors (Lipinski definition) is 2. The highest BCUT2D eigenvalue weighted by Gasteiger charge is 2.28. The fraction of sp³-hybridized carbons (Fsp3) is 0.235. The first-order valence-corrected chi connectivity index (χ1v) is 7.46. The van der Waals surface area contributed by atoms with Crippen LogP contribution in [0, 0.1) is 0 Å². The van der Waals surface area contributed by atoms with Gasteiger partial charge in [-0.15, -0.1) is 0 Å². The van der Waals surface area contributed by atoms with Crippen LogP contribution in [0.4, 0.5) is 5.82 Å². The number of carbonyl (C=O) groups excluding carboxylic acids is 2. The van der Waals surface area contributed by atoms with Crippen molar-refractivity contribution < 1.29 is 19.1 Å². The molecule has 0 aliphatic rings. The summed E-state index contributed by atoms with van der Waals surface area (Å²) < 4.78 is 9.97. The quantitative estimate of drug-likeness (QED) is 0.811. The molecule has 1 aromatic carbocycles. The van der Waals surface area contributed by atoms with Gasteiger partial charge in [-0.05, 0) is 19.4 Å². The molecule has 0 aliphatic carbocycles. The molecule has 0 spiro atoms. The van der Waals surface area contributed by atoms with E-state index in [9.17, 15) is 14.4 Å². The number of pyridine rings is 1. The van der Waals surface area contributed by atoms with Crippen LogP contribution in [0.25, 0.3) is 11.1 Å². The molecule has 0 radical (unpaired) electrons. The number of hydrogen-bond acceptors (Lipinski definition) is 6. The lowest BCUT2D eigenvalue weighted by molar-refractivity contribution is 0.0525. The van der Waals surface area contributed by atoms with Gasteiger partial charge in [-0.25, -0.2) is 9.59 Å². The van der Waals surface area contributed by atoms with Gasteiger partial charge in [0.05, 0.1) is 13.2 Å². The minimum atomic E-state index is -0.830. The number of aromatic amines is 1. The van der Waals surface area contributed by atoms with Gasteiger partial charge in [-0.3, -0.25) is 4.79 Å². The molecule has 2 rings (SSSR count). The number of aromatic nitrogens is 1. The SMILES string of the molecule is CCOC(=O)c1c(N)[nH]c(=O)c(C(=O)OCC)c1-c1ccccc1. The van der Waals surface area contributed by atoms with E-state index in [4.69, 9.17) is 15.2 Å². The smallest absolute Gasteiger partial charge is 0.344 e. The summed E-state index contributed by atoms with van der Waals surface area (Å²) in [4.78, 5) is 39.2. The van der Waals surface area contributed by atoms with E-state index in [2.05, 4.69) is 4.98 Å². The van der Waals surface area contributed by atoms with Crippen LogP contribution in [0.15, 0.2) is 35.1 Å². The summed E-state index contributed by atoms with van der Waals surface area (Å²) in [5.41, 5.74) is 5.35. The fourth-order valence-electron chi connectivity index (χ4n) is 2.33. The number of ether oxygens (including phenoxy) is 2. The number of carbonyl (C=O) groups is 2. The lowest BCUT2D eigenvalue weighted by Crippen LogP contribution is -2.26. The van der Waals surface area contributed by atoms with Gasteiger partial charge in [0.15, 0.2) is 0 Å². The average molecular weight is 330 g/mol. The average Bonchev–Trinajstić information content (AvgIpc) is 2.55. The van der Waals surface area contributed by atoms with Gasteiger partial charge in [0.25, 0.3) is 5.56 Å². The minimum Gasteiger partial charge on any atom is -0.462 e. The number of nitrogens with two attached hydrogens (primary N) is 1. The molecule has 3 N–H and O–H groups in total. The van der Waals surface area contributed by atoms with Crippen molar-refractivity contribution >= 4 is 17.8 Å². The maximum Gasteiger partial charge on any atom is 0.344 e. The largest absolute Gasteiger partial charge is 0.462 e. The molecule has 24 heavy (non-hydrogen) atoms. The highest BCUT2D eigenvalue weighted by Crippen LogP contribution is 2.29. The summed E-state index contributed by atoms with van der Waals surface area (Å²) in [6, 6.07) is 8.54. The van der Waals surface area contributed by atoms with Crippen LogP contribution in [0.2, 0.25) is 0 Å². The molecule has 0 saturated carbocycles. The molecule has 7 nitrogen and oxygen atoms in total. The topological polar surface area (TPSA) is 111 Å². The van der Waals surface area contributed by atoms with Crippen molar-refractivity contribution in [3.05, 3.63) is 51.8 Å². The molecule has 0 atom stereocenters. The Balaban J connectivity index is 2.84. The maximum absolute atomic E-state index is 12.3. The summed E-state index contributed by atoms with van der Waals surface area (Å²) in [5.74, 6) is -1.72. The molecule has 1 heterocycles. The molecule has 0 bridgehead atoms. The van der Waals surface area contributed by atoms with Gasteiger partial charge in [-0.2, -0.15) is 0 Å². The van der Waals surface area contributed by atoms with Gasteiger partial charge in [0, 0.05) is 5.56 Å². The van der Waals surface area contributed by atoms with Gasteiger partial charge >= 0.3 is 11.9 Å². The van der Waals surface area contributed by atoms with Crippen LogP contribution in [0.5, 0.6) is 0 Å². The van der Waals surface area contributed by atoms with Crippen molar-refractivity contribution in [3.8, 4) is 11.1 Å². The predicted molar refractivity (Wildman–Crippen MR) is 88.8 cm³/mol. The molecule has 0 fully saturated rings. The van der Waals surface area contributed by atoms with Crippen LogP contribution < -0.4 is 11.3 Å². The number of esters is 2. The number of nitrogens with one attached hydrogen (secondary N) is 1. The Hall–Kier alpha value is -3.09. The van der Waals surface area contributed by atoms with E-state index < -0.39 is 17.5 Å². The summed E-state index contributed by atoms with van der Waals surface area (Å²) in [7, 11) is 0. The second kappa shape index (κ2) is 7.45. The maximum atomic E-state index is 12.3. The monoisotopic (exact) mass is 330 g/mol. The van der Waals surface area contributed by atoms with Gasteiger partial charge in [0.2, 0.25) is 0 Å². The van der Waals surface area contributed by atoms with Crippen molar-refractivity contribution in [2.45, 2.75) is 13.8 Å². The lowest BCUT2D eigenvalue weighted by atomic mass is 9.95. The van der Waals surface area contributed by atoms with E-state index in [0.717, 1.165) is 0 Å². The minimum absolute atomic E-state index is 0.0642. The van der Waals surface area contributed by atoms with E-state index >= 15 is 0 Å². The Morgan fingerprint density at radius 1 is 1.00 bits per heavy atom. The van der Waals surface area contributed by atoms with Crippen molar-refractivity contribution in [3.63, 3.8) is 0 Å². The first-order valence-electron chi connectivity index (χ1n) is 7.46. The lowest BCUT2D eigenvalue weighted by Gasteiger charge is -2.15. The number of H-pyrrole nitrogens is 1. The number of benzene rings is 1. The van der Waals surface area contributed by atoms with Crippen LogP contribution in [-0.2, 0) is 9.47 Å². The van der Waals surface area contributed by atoms with E-state index in [1.807, 2.05) is 0 Å². The molecular weight excluding hydrogens is 312 g/mol. The molecular formula is C17H18N2O5. The molecule has 7 heteroatoms. The Morgan fingerprint density at radius 3 is 2.08 bits per heavy atom. The molecule has 0 amide bonds. The summed E-state index contributed by atoms with van der Waals surface area (Å²) in [5, 5.41) is 0. The second-order valence-electron chi connectivity index (χ2n) is 4.80. The Labute approximate surface area is 138 Å². The molecule has 0 saturated heterocycles. The molecule has 1 aromatic heterocycles. The third-order valence-electron chi connectivity index (χ3n) is 3.27. The zero-order chi connectivity index (χ0) is 17.7. The van der Waals surface area contributed by atoms with Crippen LogP contribution in [0.1, 0.15) is 34.6 Å². The van der Waals surface area contributed by atoms with E-state index in [-0.39, 0.29) is 35.7 Å². The first-order chi connectivity index (χ1) is 11.5. The summed E-state index contributed by atoms with van der Waals surface area (Å²) in [6.45, 7) is 3.48. The Kier molecular flexibility index (Phi) is 5.36. The standard InChI is InChI=1S/C17H18N2O5/c1-3-23-16(21)12-11(10-8-6-5-7-9-10)13(17(22)24-4-2)15(20)19-14(12)18/h5-9H,3-4H2,1-2H3,(H3,18,19,20). The summed E-state index contributed by atoms with van der Waals surface area (Å²) in [6.07, 6.45) is 0. The number of nitrogen functional groups attached to an aromatic ring is 1. The third-order valence-corrected chi connectivity index (χ3v) is 3.27. The second-order valence-corrected chi connectivity index (χ2v) is 4.80. The van der Waals surface area contributed by atoms with Gasteiger partial charge in [0.1, 0.15) is 16.9 Å². The van der Waals surface area contributed by atoms with Crippen molar-refractivity contribution in [1.29, 1.82) is 0 Å². The fourth-order valence-corrected chi connectivity index (χ4v) is 2.33. The van der Waals surface area contributed by atoms with Gasteiger partial charge in [-0.1, -0.05) is 30.3 Å². The molecule has 0 unspecified atom stereocenters. The van der Waals surface area contributed by atoms with Crippen LogP contribution >= 0.6 is 0 Å². The number of anilines is 1. The Morgan fingerprint density at radius 2 is 1.54 bits per heavy atom. The predicted octanol–water partition coefficient (Wildman–Crippen LogP) is 1.98. The number of rotatable bonds is 5. The first kappa shape index (κ1) is 17.3.